The molecule has 0 fully saturated rings. The molecule has 0 radical (unpaired) electrons. The van der Waals surface area contributed by atoms with Crippen LogP contribution in [-0.2, 0) is 0 Å². The predicted octanol–water partition coefficient (Wildman–Crippen LogP) is 4.49. The van der Waals surface area contributed by atoms with Gasteiger partial charge in [0.2, 0.25) is 0 Å². The third kappa shape index (κ3) is 1.72. The summed E-state index contributed by atoms with van der Waals surface area (Å²) in [5, 5.41) is 1.10. The average Bonchev–Trinajstić information content (AvgIpc) is 3.16. The van der Waals surface area contributed by atoms with Crippen LogP contribution in [-0.4, -0.2) is 9.97 Å². The Morgan fingerprint density at radius 1 is 0.950 bits per heavy atom. The summed E-state index contributed by atoms with van der Waals surface area (Å²) >= 11 is 0. The van der Waals surface area contributed by atoms with E-state index in [-0.39, 0.29) is 0 Å². The quantitative estimate of drug-likeness (QED) is 0.577. The van der Waals surface area contributed by atoms with Crippen LogP contribution in [0.25, 0.3) is 33.3 Å². The molecular formula is C17H12N2O. The average molecular weight is 260 g/mol. The molecule has 0 aliphatic heterocycles. The van der Waals surface area contributed by atoms with Crippen LogP contribution in [0.4, 0.5) is 0 Å². The van der Waals surface area contributed by atoms with E-state index in [1.54, 1.807) is 12.5 Å². The molecule has 0 aliphatic rings. The number of pyridine rings is 1. The first kappa shape index (κ1) is 11.1. The van der Waals surface area contributed by atoms with E-state index in [9.17, 15) is 0 Å². The Kier molecular flexibility index (Phi) is 2.42. The first-order valence-electron chi connectivity index (χ1n) is 6.47. The van der Waals surface area contributed by atoms with Gasteiger partial charge in [-0.25, -0.2) is 4.98 Å². The van der Waals surface area contributed by atoms with E-state index in [1.807, 2.05) is 36.7 Å². The SMILES string of the molecule is c1ccc(-c2cnc3[nH]cc(-c4ccoc4)c3c2)cc1. The van der Waals surface area contributed by atoms with Gasteiger partial charge in [0.25, 0.3) is 0 Å². The summed E-state index contributed by atoms with van der Waals surface area (Å²) in [5.74, 6) is 0. The molecule has 0 bridgehead atoms. The molecule has 0 atom stereocenters. The van der Waals surface area contributed by atoms with Gasteiger partial charge in [-0.05, 0) is 17.7 Å². The molecule has 96 valence electrons. The molecule has 4 rings (SSSR count). The van der Waals surface area contributed by atoms with Crippen molar-refractivity contribution in [3.8, 4) is 22.3 Å². The largest absolute Gasteiger partial charge is 0.472 e. The van der Waals surface area contributed by atoms with Crippen molar-refractivity contribution in [3.05, 3.63) is 67.4 Å². The number of rotatable bonds is 2. The monoisotopic (exact) mass is 260 g/mol. The number of hydrogen-bond donors (Lipinski definition) is 1. The summed E-state index contributed by atoms with van der Waals surface area (Å²) in [4.78, 5) is 7.70. The summed E-state index contributed by atoms with van der Waals surface area (Å²) in [6, 6.07) is 14.4. The van der Waals surface area contributed by atoms with Gasteiger partial charge in [0.05, 0.1) is 12.5 Å². The topological polar surface area (TPSA) is 41.8 Å². The van der Waals surface area contributed by atoms with Gasteiger partial charge in [0.1, 0.15) is 5.65 Å². The number of fused-ring (bicyclic) bond motifs is 1. The molecule has 3 heterocycles. The number of nitrogens with zero attached hydrogens (tertiary/aromatic N) is 1. The Labute approximate surface area is 115 Å². The molecule has 0 aliphatic carbocycles. The van der Waals surface area contributed by atoms with Gasteiger partial charge in [-0.15, -0.1) is 0 Å². The van der Waals surface area contributed by atoms with Crippen LogP contribution in [0.2, 0.25) is 0 Å². The van der Waals surface area contributed by atoms with Crippen LogP contribution in [0.5, 0.6) is 0 Å². The smallest absolute Gasteiger partial charge is 0.137 e. The van der Waals surface area contributed by atoms with E-state index in [0.29, 0.717) is 0 Å². The first-order valence-corrected chi connectivity index (χ1v) is 6.47. The molecule has 3 nitrogen and oxygen atoms in total. The van der Waals surface area contributed by atoms with E-state index in [2.05, 4.69) is 28.2 Å². The molecule has 3 heteroatoms. The van der Waals surface area contributed by atoms with Crippen molar-refractivity contribution in [1.29, 1.82) is 0 Å². The number of nitrogens with one attached hydrogen (secondary N) is 1. The standard InChI is InChI=1S/C17H12N2O/c1-2-4-12(5-3-1)14-8-15-16(13-6-7-20-11-13)10-19-17(15)18-9-14/h1-11H,(H,18,19). The van der Waals surface area contributed by atoms with Gasteiger partial charge < -0.3 is 9.40 Å². The fraction of sp³-hybridized carbons (Fsp3) is 0. The van der Waals surface area contributed by atoms with Crippen molar-refractivity contribution in [2.75, 3.05) is 0 Å². The Hall–Kier alpha value is -2.81. The number of benzene rings is 1. The second-order valence-corrected chi connectivity index (χ2v) is 4.70. The third-order valence-electron chi connectivity index (χ3n) is 3.47. The zero-order chi connectivity index (χ0) is 13.4. The molecule has 4 aromatic rings. The lowest BCUT2D eigenvalue weighted by Crippen LogP contribution is -1.81. The van der Waals surface area contributed by atoms with Crippen LogP contribution in [0, 0.1) is 0 Å². The molecule has 0 saturated heterocycles. The molecule has 0 amide bonds. The maximum atomic E-state index is 5.17. The van der Waals surface area contributed by atoms with Gasteiger partial charge >= 0.3 is 0 Å². The highest BCUT2D eigenvalue weighted by molar-refractivity contribution is 5.95. The van der Waals surface area contributed by atoms with E-state index < -0.39 is 0 Å². The maximum absolute atomic E-state index is 5.17. The summed E-state index contributed by atoms with van der Waals surface area (Å²) in [6.07, 6.45) is 7.30. The number of hydrogen-bond acceptors (Lipinski definition) is 2. The molecular weight excluding hydrogens is 248 g/mol. The Morgan fingerprint density at radius 3 is 2.65 bits per heavy atom. The van der Waals surface area contributed by atoms with Crippen LogP contribution in [0.15, 0.2) is 71.8 Å². The lowest BCUT2D eigenvalue weighted by Gasteiger charge is -2.02. The number of H-pyrrole nitrogens is 1. The van der Waals surface area contributed by atoms with Gasteiger partial charge in [-0.2, -0.15) is 0 Å². The second kappa shape index (κ2) is 4.38. The summed E-state index contributed by atoms with van der Waals surface area (Å²) in [7, 11) is 0. The Morgan fingerprint density at radius 2 is 1.85 bits per heavy atom. The Bertz CT molecular complexity index is 845. The normalized spacial score (nSPS) is 11.0. The molecule has 0 unspecified atom stereocenters. The van der Waals surface area contributed by atoms with Crippen molar-refractivity contribution in [2.45, 2.75) is 0 Å². The maximum Gasteiger partial charge on any atom is 0.137 e. The number of aromatic amines is 1. The minimum absolute atomic E-state index is 0.890. The van der Waals surface area contributed by atoms with Gasteiger partial charge in [0.15, 0.2) is 0 Å². The van der Waals surface area contributed by atoms with Crippen LogP contribution in [0.1, 0.15) is 0 Å². The van der Waals surface area contributed by atoms with Gasteiger partial charge in [-0.3, -0.25) is 0 Å². The highest BCUT2D eigenvalue weighted by atomic mass is 16.3. The summed E-state index contributed by atoms with van der Waals surface area (Å²) in [5.41, 5.74) is 5.34. The summed E-state index contributed by atoms with van der Waals surface area (Å²) < 4.78 is 5.17. The number of furan rings is 1. The lowest BCUT2D eigenvalue weighted by molar-refractivity contribution is 0.568. The predicted molar refractivity (Wildman–Crippen MR) is 79.2 cm³/mol. The zero-order valence-electron chi connectivity index (χ0n) is 10.7. The van der Waals surface area contributed by atoms with Crippen LogP contribution in [0.3, 0.4) is 0 Å². The third-order valence-corrected chi connectivity index (χ3v) is 3.47. The molecule has 1 aromatic carbocycles. The molecule has 20 heavy (non-hydrogen) atoms. The molecule has 3 aromatic heterocycles. The minimum atomic E-state index is 0.890. The fourth-order valence-electron chi connectivity index (χ4n) is 2.45. The highest BCUT2D eigenvalue weighted by Crippen LogP contribution is 2.30. The van der Waals surface area contributed by atoms with Crippen LogP contribution >= 0.6 is 0 Å². The van der Waals surface area contributed by atoms with E-state index in [1.165, 1.54) is 5.56 Å². The minimum Gasteiger partial charge on any atom is -0.472 e. The zero-order valence-corrected chi connectivity index (χ0v) is 10.7. The molecule has 0 spiro atoms. The summed E-state index contributed by atoms with van der Waals surface area (Å²) in [6.45, 7) is 0. The molecule has 1 N–H and O–H groups in total. The Balaban J connectivity index is 1.92. The van der Waals surface area contributed by atoms with Gasteiger partial charge in [-0.1, -0.05) is 30.3 Å². The fourth-order valence-corrected chi connectivity index (χ4v) is 2.45. The van der Waals surface area contributed by atoms with Crippen molar-refractivity contribution < 1.29 is 4.42 Å². The van der Waals surface area contributed by atoms with Crippen molar-refractivity contribution >= 4 is 11.0 Å². The van der Waals surface area contributed by atoms with Crippen molar-refractivity contribution in [2.24, 2.45) is 0 Å². The van der Waals surface area contributed by atoms with E-state index >= 15 is 0 Å². The van der Waals surface area contributed by atoms with Gasteiger partial charge in [0, 0.05) is 34.5 Å². The second-order valence-electron chi connectivity index (χ2n) is 4.70. The van der Waals surface area contributed by atoms with Crippen LogP contribution < -0.4 is 0 Å². The van der Waals surface area contributed by atoms with E-state index in [4.69, 9.17) is 4.42 Å². The molecule has 0 saturated carbocycles. The first-order chi connectivity index (χ1) is 9.92. The van der Waals surface area contributed by atoms with Crippen molar-refractivity contribution in [3.63, 3.8) is 0 Å². The van der Waals surface area contributed by atoms with E-state index in [0.717, 1.165) is 27.7 Å². The van der Waals surface area contributed by atoms with Crippen molar-refractivity contribution in [1.82, 2.24) is 9.97 Å². The highest BCUT2D eigenvalue weighted by Gasteiger charge is 2.09. The lowest BCUT2D eigenvalue weighted by atomic mass is 10.0. The number of aromatic nitrogens is 2.